The number of phenolic OH excluding ortho intramolecular Hbond substituents is 1. The first kappa shape index (κ1) is 22.8. The number of aromatic hydroxyl groups is 1. The fourth-order valence-electron chi connectivity index (χ4n) is 3.49. The number of aliphatic carboxylic acids is 1. The van der Waals surface area contributed by atoms with Crippen LogP contribution in [0.2, 0.25) is 0 Å². The number of phenols is 1. The van der Waals surface area contributed by atoms with Crippen LogP contribution in [0.5, 0.6) is 5.75 Å². The van der Waals surface area contributed by atoms with Crippen LogP contribution in [-0.4, -0.2) is 39.6 Å². The van der Waals surface area contributed by atoms with Gasteiger partial charge in [-0.3, -0.25) is 10.2 Å². The van der Waals surface area contributed by atoms with E-state index in [0.717, 1.165) is 35.5 Å². The van der Waals surface area contributed by atoms with Gasteiger partial charge in [0.1, 0.15) is 5.75 Å². The van der Waals surface area contributed by atoms with Gasteiger partial charge in [0, 0.05) is 12.0 Å². The third kappa shape index (κ3) is 4.27. The number of nitrogens with one attached hydrogen (secondary N) is 1. The summed E-state index contributed by atoms with van der Waals surface area (Å²) in [6, 6.07) is 10.3. The molecule has 0 saturated heterocycles. The second kappa shape index (κ2) is 8.50. The first-order valence-corrected chi connectivity index (χ1v) is 9.91. The molecule has 11 heteroatoms. The van der Waals surface area contributed by atoms with E-state index in [1.54, 1.807) is 24.3 Å². The summed E-state index contributed by atoms with van der Waals surface area (Å²) in [6.45, 7) is 0. The van der Waals surface area contributed by atoms with Crippen LogP contribution in [0.1, 0.15) is 17.5 Å². The molecule has 0 bridgehead atoms. The van der Waals surface area contributed by atoms with E-state index in [1.165, 1.54) is 18.2 Å². The summed E-state index contributed by atoms with van der Waals surface area (Å²) >= 11 is 0. The van der Waals surface area contributed by atoms with Gasteiger partial charge in [0.25, 0.3) is 0 Å². The molecule has 0 spiro atoms. The summed E-state index contributed by atoms with van der Waals surface area (Å²) < 4.78 is 38.3. The van der Waals surface area contributed by atoms with Gasteiger partial charge in [0.2, 0.25) is 0 Å². The van der Waals surface area contributed by atoms with Crippen molar-refractivity contribution in [1.82, 2.24) is 5.43 Å². The zero-order valence-electron chi connectivity index (χ0n) is 17.3. The minimum atomic E-state index is -4.52. The van der Waals surface area contributed by atoms with Gasteiger partial charge in [-0.05, 0) is 42.0 Å². The number of carboxylic acid groups (broad SMARTS) is 1. The van der Waals surface area contributed by atoms with Gasteiger partial charge in [-0.25, -0.2) is 4.79 Å². The molecule has 34 heavy (non-hydrogen) atoms. The number of rotatable bonds is 5. The Bertz CT molecular complexity index is 1270. The molecule has 0 radical (unpaired) electrons. The molecule has 2 aromatic rings. The fourth-order valence-corrected chi connectivity index (χ4v) is 3.49. The normalized spacial score (nSPS) is 21.1. The Kier molecular flexibility index (Phi) is 5.70. The average Bonchev–Trinajstić information content (AvgIpc) is 3.18. The van der Waals surface area contributed by atoms with Crippen molar-refractivity contribution in [1.29, 1.82) is 0 Å². The maximum Gasteiger partial charge on any atom is 0.416 e. The number of hydrogen-bond acceptors (Lipinski definition) is 6. The van der Waals surface area contributed by atoms with Crippen molar-refractivity contribution in [2.45, 2.75) is 18.1 Å². The number of benzene rings is 2. The number of allylic oxidation sites excluding steroid dienone is 2. The molecule has 2 aliphatic rings. The fraction of sp³-hybridized carbons (Fsp3) is 0.130. The monoisotopic (exact) mass is 470 g/mol. The summed E-state index contributed by atoms with van der Waals surface area (Å²) in [5, 5.41) is 28.7. The van der Waals surface area contributed by atoms with E-state index in [2.05, 4.69) is 15.6 Å². The largest absolute Gasteiger partial charge is 0.507 e. The molecular formula is C23H17F3N4O4. The first-order chi connectivity index (χ1) is 16.1. The molecule has 174 valence electrons. The Labute approximate surface area is 191 Å². The first-order valence-electron chi connectivity index (χ1n) is 9.91. The zero-order valence-corrected chi connectivity index (χ0v) is 17.3. The van der Waals surface area contributed by atoms with Gasteiger partial charge >= 0.3 is 18.1 Å². The van der Waals surface area contributed by atoms with Crippen LogP contribution in [-0.2, 0) is 15.8 Å². The predicted octanol–water partition coefficient (Wildman–Crippen LogP) is 3.56. The zero-order chi connectivity index (χ0) is 24.5. The lowest BCUT2D eigenvalue weighted by molar-refractivity contribution is -0.142. The number of hydrazone groups is 2. The van der Waals surface area contributed by atoms with Crippen molar-refractivity contribution in [3.05, 3.63) is 77.9 Å². The standard InChI is InChI=1S/C23H17F3N4O4/c24-23(25,26)15-7-9-16(10-8-15)30-20(32)18(13-27-30)28-29-22(21(33)34)11-3-4-14(12-22)17-5-1-2-6-19(17)31/h1-11,13,29,31H,12H2,(H,33,34). The predicted molar refractivity (Wildman–Crippen MR) is 118 cm³/mol. The van der Waals surface area contributed by atoms with Crippen molar-refractivity contribution in [2.75, 3.05) is 5.01 Å². The lowest BCUT2D eigenvalue weighted by Gasteiger charge is -2.29. The Morgan fingerprint density at radius 1 is 1.15 bits per heavy atom. The van der Waals surface area contributed by atoms with E-state index in [0.29, 0.717) is 11.1 Å². The van der Waals surface area contributed by atoms with Crippen LogP contribution in [0.25, 0.3) is 5.57 Å². The summed E-state index contributed by atoms with van der Waals surface area (Å²) in [7, 11) is 0. The lowest BCUT2D eigenvalue weighted by Crippen LogP contribution is -2.49. The van der Waals surface area contributed by atoms with Crippen LogP contribution in [0.15, 0.2) is 77.0 Å². The Morgan fingerprint density at radius 2 is 1.85 bits per heavy atom. The SMILES string of the molecule is O=C1C(=NNC2(C(=O)O)C=CC=C(c3ccccc3O)C2)C=NN1c1ccc(C(F)(F)F)cc1. The molecule has 1 aliphatic heterocycles. The van der Waals surface area contributed by atoms with Crippen LogP contribution < -0.4 is 10.4 Å². The quantitative estimate of drug-likeness (QED) is 0.579. The minimum absolute atomic E-state index is 0.0139. The van der Waals surface area contributed by atoms with Crippen LogP contribution in [0.3, 0.4) is 0 Å². The second-order valence-corrected chi connectivity index (χ2v) is 7.54. The van der Waals surface area contributed by atoms with Crippen molar-refractivity contribution in [2.24, 2.45) is 10.2 Å². The minimum Gasteiger partial charge on any atom is -0.507 e. The second-order valence-electron chi connectivity index (χ2n) is 7.54. The number of hydrogen-bond donors (Lipinski definition) is 3. The molecule has 1 atom stereocenters. The van der Waals surface area contributed by atoms with Crippen LogP contribution in [0.4, 0.5) is 18.9 Å². The van der Waals surface area contributed by atoms with E-state index in [9.17, 15) is 33.0 Å². The Balaban J connectivity index is 1.53. The van der Waals surface area contributed by atoms with E-state index in [1.807, 2.05) is 0 Å². The van der Waals surface area contributed by atoms with Gasteiger partial charge in [0.05, 0.1) is 17.5 Å². The highest BCUT2D eigenvalue weighted by atomic mass is 19.4. The van der Waals surface area contributed by atoms with E-state index >= 15 is 0 Å². The molecule has 1 heterocycles. The summed E-state index contributed by atoms with van der Waals surface area (Å²) in [5.74, 6) is -2.03. The molecule has 4 rings (SSSR count). The molecule has 8 nitrogen and oxygen atoms in total. The maximum atomic E-state index is 12.8. The molecule has 2 aromatic carbocycles. The highest BCUT2D eigenvalue weighted by Gasteiger charge is 2.39. The summed E-state index contributed by atoms with van der Waals surface area (Å²) in [5.41, 5.74) is 0.790. The molecule has 0 aromatic heterocycles. The van der Waals surface area contributed by atoms with E-state index in [-0.39, 0.29) is 23.6 Å². The van der Waals surface area contributed by atoms with Crippen LogP contribution in [0, 0.1) is 0 Å². The van der Waals surface area contributed by atoms with Gasteiger partial charge < -0.3 is 10.2 Å². The number of carboxylic acids is 1. The Morgan fingerprint density at radius 3 is 2.50 bits per heavy atom. The highest BCUT2D eigenvalue weighted by molar-refractivity contribution is 6.65. The average molecular weight is 470 g/mol. The number of alkyl halides is 3. The molecule has 3 N–H and O–H groups in total. The van der Waals surface area contributed by atoms with E-state index < -0.39 is 29.2 Å². The van der Waals surface area contributed by atoms with Crippen LogP contribution >= 0.6 is 0 Å². The summed E-state index contributed by atoms with van der Waals surface area (Å²) in [6.07, 6.45) is 1.02. The smallest absolute Gasteiger partial charge is 0.416 e. The third-order valence-electron chi connectivity index (χ3n) is 5.30. The number of halogens is 3. The van der Waals surface area contributed by atoms with Gasteiger partial charge in [0.15, 0.2) is 11.3 Å². The third-order valence-corrected chi connectivity index (χ3v) is 5.30. The summed E-state index contributed by atoms with van der Waals surface area (Å²) in [4.78, 5) is 24.8. The Hall–Kier alpha value is -4.41. The lowest BCUT2D eigenvalue weighted by atomic mass is 9.84. The molecule has 0 fully saturated rings. The maximum absolute atomic E-state index is 12.8. The van der Waals surface area contributed by atoms with Crippen molar-refractivity contribution < 1.29 is 33.0 Å². The van der Waals surface area contributed by atoms with Gasteiger partial charge in [-0.2, -0.15) is 28.4 Å². The number of amides is 1. The van der Waals surface area contributed by atoms with E-state index in [4.69, 9.17) is 0 Å². The molecular weight excluding hydrogens is 453 g/mol. The van der Waals surface area contributed by atoms with Gasteiger partial charge in [-0.15, -0.1) is 0 Å². The van der Waals surface area contributed by atoms with Crippen molar-refractivity contribution in [3.8, 4) is 5.75 Å². The topological polar surface area (TPSA) is 115 Å². The number of para-hydroxylation sites is 1. The van der Waals surface area contributed by atoms with Crippen molar-refractivity contribution >= 4 is 35.1 Å². The number of nitrogens with zero attached hydrogens (tertiary/aromatic N) is 3. The molecule has 1 unspecified atom stereocenters. The van der Waals surface area contributed by atoms with Gasteiger partial charge in [-0.1, -0.05) is 30.4 Å². The molecule has 0 saturated carbocycles. The molecule has 1 aliphatic carbocycles. The van der Waals surface area contributed by atoms with Crippen molar-refractivity contribution in [3.63, 3.8) is 0 Å². The number of anilines is 1. The number of carbonyl (C=O) groups is 2. The molecule has 1 amide bonds. The highest BCUT2D eigenvalue weighted by Crippen LogP contribution is 2.35. The number of carbonyl (C=O) groups excluding carboxylic acids is 1.